The van der Waals surface area contributed by atoms with E-state index in [0.29, 0.717) is 45.5 Å². The number of hydrogen-bond acceptors (Lipinski definition) is 3. The molecule has 0 radical (unpaired) electrons. The first-order chi connectivity index (χ1) is 14.2. The predicted octanol–water partition coefficient (Wildman–Crippen LogP) is 6.17. The Morgan fingerprint density at radius 3 is 2.37 bits per heavy atom. The summed E-state index contributed by atoms with van der Waals surface area (Å²) in [6.07, 6.45) is 1.16. The number of allylic oxidation sites excluding steroid dienone is 2. The van der Waals surface area contributed by atoms with E-state index in [9.17, 15) is 9.59 Å². The smallest absolute Gasteiger partial charge is 0.232 e. The van der Waals surface area contributed by atoms with E-state index in [0.717, 1.165) is 5.70 Å². The first kappa shape index (κ1) is 21.0. The summed E-state index contributed by atoms with van der Waals surface area (Å²) < 4.78 is 5.35. The lowest BCUT2D eigenvalue weighted by Crippen LogP contribution is -2.43. The third kappa shape index (κ3) is 3.63. The molecule has 1 unspecified atom stereocenters. The number of ether oxygens (including phenoxy) is 1. The third-order valence-electron chi connectivity index (χ3n) is 5.80. The van der Waals surface area contributed by atoms with Gasteiger partial charge in [-0.15, -0.1) is 0 Å². The highest BCUT2D eigenvalue weighted by Crippen LogP contribution is 2.50. The zero-order valence-corrected chi connectivity index (χ0v) is 18.7. The summed E-state index contributed by atoms with van der Waals surface area (Å²) in [5.41, 5.74) is 2.48. The number of hydrogen-bond donors (Lipinski definition) is 0. The SMILES string of the molecule is COc1cccc(N2C(=O)CC(c3c(Cl)cccc3Cl)C3=C2CC(C)(C)CC3=O)c1. The minimum atomic E-state index is -0.445. The standard InChI is InChI=1S/C24H23Cl2NO3/c1-24(2)12-19-23(20(28)13-24)16(22-17(25)8-5-9-18(22)26)11-21(29)27(19)14-6-4-7-15(10-14)30-3/h4-10,16H,11-13H2,1-3H3. The molecule has 1 aliphatic heterocycles. The van der Waals surface area contributed by atoms with Gasteiger partial charge in [-0.25, -0.2) is 0 Å². The van der Waals surface area contributed by atoms with E-state index in [4.69, 9.17) is 27.9 Å². The van der Waals surface area contributed by atoms with Gasteiger partial charge in [-0.3, -0.25) is 14.5 Å². The molecule has 1 amide bonds. The van der Waals surface area contributed by atoms with Crippen molar-refractivity contribution in [1.29, 1.82) is 0 Å². The third-order valence-corrected chi connectivity index (χ3v) is 6.46. The molecular formula is C24H23Cl2NO3. The Bertz CT molecular complexity index is 1050. The molecule has 2 aliphatic rings. The van der Waals surface area contributed by atoms with Gasteiger partial charge in [0, 0.05) is 46.1 Å². The van der Waals surface area contributed by atoms with Crippen LogP contribution in [0.1, 0.15) is 44.6 Å². The van der Waals surface area contributed by atoms with Crippen molar-refractivity contribution < 1.29 is 14.3 Å². The summed E-state index contributed by atoms with van der Waals surface area (Å²) >= 11 is 13.0. The Labute approximate surface area is 186 Å². The van der Waals surface area contributed by atoms with Crippen molar-refractivity contribution in [3.05, 3.63) is 69.3 Å². The van der Waals surface area contributed by atoms with Gasteiger partial charge < -0.3 is 4.74 Å². The van der Waals surface area contributed by atoms with Crippen molar-refractivity contribution in [1.82, 2.24) is 0 Å². The molecule has 4 nitrogen and oxygen atoms in total. The van der Waals surface area contributed by atoms with Gasteiger partial charge in [0.1, 0.15) is 5.75 Å². The number of carbonyl (C=O) groups is 2. The number of amides is 1. The average Bonchev–Trinajstić information content (AvgIpc) is 2.66. The largest absolute Gasteiger partial charge is 0.497 e. The van der Waals surface area contributed by atoms with E-state index in [-0.39, 0.29) is 23.5 Å². The molecule has 30 heavy (non-hydrogen) atoms. The molecule has 1 aliphatic carbocycles. The molecule has 4 rings (SSSR count). The second-order valence-electron chi connectivity index (χ2n) is 8.62. The highest BCUT2D eigenvalue weighted by molar-refractivity contribution is 6.36. The first-order valence-electron chi connectivity index (χ1n) is 9.89. The van der Waals surface area contributed by atoms with Crippen LogP contribution in [0.5, 0.6) is 5.75 Å². The minimum Gasteiger partial charge on any atom is -0.497 e. The van der Waals surface area contributed by atoms with Crippen LogP contribution in [0.3, 0.4) is 0 Å². The van der Waals surface area contributed by atoms with E-state index in [1.165, 1.54) is 0 Å². The fourth-order valence-corrected chi connectivity index (χ4v) is 5.22. The lowest BCUT2D eigenvalue weighted by molar-refractivity contribution is -0.120. The fraction of sp³-hybridized carbons (Fsp3) is 0.333. The maximum Gasteiger partial charge on any atom is 0.232 e. The van der Waals surface area contributed by atoms with Crippen molar-refractivity contribution in [3.8, 4) is 5.75 Å². The van der Waals surface area contributed by atoms with E-state index in [2.05, 4.69) is 13.8 Å². The quantitative estimate of drug-likeness (QED) is 0.569. The number of ketones is 1. The Balaban J connectivity index is 1.94. The van der Waals surface area contributed by atoms with Crippen LogP contribution < -0.4 is 9.64 Å². The van der Waals surface area contributed by atoms with Gasteiger partial charge in [0.15, 0.2) is 5.78 Å². The highest BCUT2D eigenvalue weighted by atomic mass is 35.5. The summed E-state index contributed by atoms with van der Waals surface area (Å²) in [5, 5.41) is 0.944. The molecule has 1 heterocycles. The van der Waals surface area contributed by atoms with Gasteiger partial charge in [-0.2, -0.15) is 0 Å². The topological polar surface area (TPSA) is 46.6 Å². The highest BCUT2D eigenvalue weighted by Gasteiger charge is 2.45. The zero-order valence-electron chi connectivity index (χ0n) is 17.2. The van der Waals surface area contributed by atoms with Crippen LogP contribution in [0.4, 0.5) is 5.69 Å². The molecule has 2 aromatic rings. The minimum absolute atomic E-state index is 0.0441. The van der Waals surface area contributed by atoms with Crippen LogP contribution in [0.15, 0.2) is 53.7 Å². The van der Waals surface area contributed by atoms with Crippen LogP contribution in [-0.4, -0.2) is 18.8 Å². The van der Waals surface area contributed by atoms with Crippen LogP contribution in [-0.2, 0) is 9.59 Å². The average molecular weight is 444 g/mol. The van der Waals surface area contributed by atoms with E-state index in [1.807, 2.05) is 24.3 Å². The second kappa shape index (κ2) is 7.75. The number of rotatable bonds is 3. The van der Waals surface area contributed by atoms with Gasteiger partial charge >= 0.3 is 0 Å². The maximum atomic E-state index is 13.4. The molecule has 6 heteroatoms. The number of nitrogens with zero attached hydrogens (tertiary/aromatic N) is 1. The Morgan fingerprint density at radius 2 is 1.70 bits per heavy atom. The number of benzene rings is 2. The van der Waals surface area contributed by atoms with Crippen LogP contribution in [0, 0.1) is 5.41 Å². The van der Waals surface area contributed by atoms with E-state index in [1.54, 1.807) is 30.2 Å². The normalized spacial score (nSPS) is 21.0. The molecule has 1 atom stereocenters. The summed E-state index contributed by atoms with van der Waals surface area (Å²) in [6.45, 7) is 4.10. The lowest BCUT2D eigenvalue weighted by Gasteiger charge is -2.43. The van der Waals surface area contributed by atoms with E-state index >= 15 is 0 Å². The molecule has 2 aromatic carbocycles. The maximum absolute atomic E-state index is 13.4. The van der Waals surface area contributed by atoms with Crippen LogP contribution >= 0.6 is 23.2 Å². The van der Waals surface area contributed by atoms with Gasteiger partial charge in [0.25, 0.3) is 0 Å². The van der Waals surface area contributed by atoms with Crippen molar-refractivity contribution >= 4 is 40.6 Å². The lowest BCUT2D eigenvalue weighted by atomic mass is 9.69. The Hall–Kier alpha value is -2.30. The number of halogens is 2. The van der Waals surface area contributed by atoms with Crippen LogP contribution in [0.2, 0.25) is 10.0 Å². The predicted molar refractivity (Wildman–Crippen MR) is 119 cm³/mol. The van der Waals surface area contributed by atoms with Crippen molar-refractivity contribution in [2.75, 3.05) is 12.0 Å². The molecule has 0 saturated heterocycles. The van der Waals surface area contributed by atoms with E-state index < -0.39 is 5.92 Å². The van der Waals surface area contributed by atoms with Gasteiger partial charge in [-0.1, -0.05) is 49.2 Å². The second-order valence-corrected chi connectivity index (χ2v) is 9.44. The number of Topliss-reactive ketones (excluding diaryl/α,β-unsaturated/α-hetero) is 1. The first-order valence-corrected chi connectivity index (χ1v) is 10.6. The molecule has 0 spiro atoms. The van der Waals surface area contributed by atoms with Crippen molar-refractivity contribution in [2.45, 2.75) is 39.0 Å². The molecule has 0 fully saturated rings. The fourth-order valence-electron chi connectivity index (χ4n) is 4.55. The van der Waals surface area contributed by atoms with Gasteiger partial charge in [0.05, 0.1) is 12.8 Å². The summed E-state index contributed by atoms with van der Waals surface area (Å²) in [5.74, 6) is 0.162. The van der Waals surface area contributed by atoms with Gasteiger partial charge in [0.2, 0.25) is 5.91 Å². The Morgan fingerprint density at radius 1 is 1.03 bits per heavy atom. The number of methoxy groups -OCH3 is 1. The molecule has 156 valence electrons. The van der Waals surface area contributed by atoms with Crippen LogP contribution in [0.25, 0.3) is 0 Å². The molecule has 0 aromatic heterocycles. The van der Waals surface area contributed by atoms with Gasteiger partial charge in [-0.05, 0) is 41.7 Å². The monoisotopic (exact) mass is 443 g/mol. The summed E-state index contributed by atoms with van der Waals surface area (Å²) in [6, 6.07) is 12.6. The molecule has 0 saturated carbocycles. The summed E-state index contributed by atoms with van der Waals surface area (Å²) in [7, 11) is 1.59. The summed E-state index contributed by atoms with van der Waals surface area (Å²) in [4.78, 5) is 28.5. The van der Waals surface area contributed by atoms with Crippen molar-refractivity contribution in [3.63, 3.8) is 0 Å². The zero-order chi connectivity index (χ0) is 21.6. The Kier molecular flexibility index (Phi) is 5.41. The molecule has 0 bridgehead atoms. The number of carbonyl (C=O) groups excluding carboxylic acids is 2. The number of anilines is 1. The molecule has 0 N–H and O–H groups in total. The molecular weight excluding hydrogens is 421 g/mol. The van der Waals surface area contributed by atoms with Crippen molar-refractivity contribution in [2.24, 2.45) is 5.41 Å².